The van der Waals surface area contributed by atoms with Crippen LogP contribution in [0.1, 0.15) is 36.8 Å². The van der Waals surface area contributed by atoms with E-state index in [1.165, 1.54) is 5.56 Å². The largest absolute Gasteiger partial charge is 0.465 e. The van der Waals surface area contributed by atoms with Crippen LogP contribution in [0.3, 0.4) is 0 Å². The van der Waals surface area contributed by atoms with Crippen LogP contribution in [0, 0.1) is 6.92 Å². The summed E-state index contributed by atoms with van der Waals surface area (Å²) in [6.07, 6.45) is 2.81. The number of carbonyl (C=O) groups is 1. The first-order valence-corrected chi connectivity index (χ1v) is 7.52. The summed E-state index contributed by atoms with van der Waals surface area (Å²) >= 11 is 1.64. The van der Waals surface area contributed by atoms with Crippen molar-refractivity contribution >= 4 is 27.5 Å². The summed E-state index contributed by atoms with van der Waals surface area (Å²) in [5.41, 5.74) is 1.75. The smallest absolute Gasteiger partial charge is 0.319 e. The lowest BCUT2D eigenvalue weighted by atomic mass is 9.69. The summed E-state index contributed by atoms with van der Waals surface area (Å²) in [6.45, 7) is 4.36. The third-order valence-corrected chi connectivity index (χ3v) is 5.05. The molecule has 19 heavy (non-hydrogen) atoms. The number of nitrogens with zero attached hydrogens (tertiary/aromatic N) is 1. The highest BCUT2D eigenvalue weighted by molar-refractivity contribution is 7.18. The van der Waals surface area contributed by atoms with Crippen molar-refractivity contribution < 1.29 is 9.53 Å². The van der Waals surface area contributed by atoms with Gasteiger partial charge in [0.05, 0.1) is 16.8 Å². The first-order valence-electron chi connectivity index (χ1n) is 6.70. The van der Waals surface area contributed by atoms with Crippen molar-refractivity contribution in [2.45, 2.75) is 38.5 Å². The van der Waals surface area contributed by atoms with E-state index < -0.39 is 5.41 Å². The molecule has 0 aliphatic heterocycles. The molecule has 3 nitrogen and oxygen atoms in total. The molecule has 1 aliphatic rings. The van der Waals surface area contributed by atoms with Crippen LogP contribution >= 0.6 is 11.3 Å². The van der Waals surface area contributed by atoms with Gasteiger partial charge in [-0.25, -0.2) is 4.98 Å². The number of fused-ring (bicyclic) bond motifs is 1. The fourth-order valence-corrected chi connectivity index (χ4v) is 3.84. The summed E-state index contributed by atoms with van der Waals surface area (Å²) in [5, 5.41) is 0.929. The zero-order valence-corrected chi connectivity index (χ0v) is 12.0. The maximum atomic E-state index is 12.2. The van der Waals surface area contributed by atoms with Crippen molar-refractivity contribution in [3.63, 3.8) is 0 Å². The number of thiazole rings is 1. The van der Waals surface area contributed by atoms with Crippen molar-refractivity contribution in [1.82, 2.24) is 4.98 Å². The number of benzene rings is 1. The van der Waals surface area contributed by atoms with Crippen molar-refractivity contribution in [3.05, 3.63) is 28.8 Å². The Bertz CT molecular complexity index is 628. The van der Waals surface area contributed by atoms with Crippen molar-refractivity contribution in [2.75, 3.05) is 6.61 Å². The molecule has 0 bridgehead atoms. The van der Waals surface area contributed by atoms with E-state index >= 15 is 0 Å². The minimum atomic E-state index is -0.465. The Kier molecular flexibility index (Phi) is 3.05. The number of ether oxygens (including phenoxy) is 1. The zero-order chi connectivity index (χ0) is 13.5. The molecule has 0 spiro atoms. The van der Waals surface area contributed by atoms with Gasteiger partial charge in [-0.1, -0.05) is 12.5 Å². The van der Waals surface area contributed by atoms with Gasteiger partial charge in [-0.2, -0.15) is 0 Å². The second kappa shape index (κ2) is 4.60. The quantitative estimate of drug-likeness (QED) is 0.804. The molecule has 0 amide bonds. The average molecular weight is 275 g/mol. The topological polar surface area (TPSA) is 39.2 Å². The number of hydrogen-bond acceptors (Lipinski definition) is 4. The second-order valence-electron chi connectivity index (χ2n) is 5.15. The molecule has 1 aromatic heterocycles. The van der Waals surface area contributed by atoms with Crippen LogP contribution < -0.4 is 0 Å². The summed E-state index contributed by atoms with van der Waals surface area (Å²) < 4.78 is 6.41. The Morgan fingerprint density at radius 3 is 2.89 bits per heavy atom. The van der Waals surface area contributed by atoms with Crippen LogP contribution in [0.2, 0.25) is 0 Å². The molecule has 4 heteroatoms. The molecule has 1 heterocycles. The Hall–Kier alpha value is -1.42. The minimum absolute atomic E-state index is 0.1000. The molecule has 0 unspecified atom stereocenters. The Morgan fingerprint density at radius 2 is 2.26 bits per heavy atom. The second-order valence-corrected chi connectivity index (χ2v) is 6.18. The van der Waals surface area contributed by atoms with Crippen molar-refractivity contribution in [3.8, 4) is 0 Å². The maximum Gasteiger partial charge on any atom is 0.319 e. The summed E-state index contributed by atoms with van der Waals surface area (Å²) in [7, 11) is 0. The van der Waals surface area contributed by atoms with Crippen LogP contribution in [0.4, 0.5) is 0 Å². The van der Waals surface area contributed by atoms with Crippen LogP contribution in [0.25, 0.3) is 10.2 Å². The van der Waals surface area contributed by atoms with Gasteiger partial charge in [0.1, 0.15) is 10.4 Å². The highest BCUT2D eigenvalue weighted by Crippen LogP contribution is 2.47. The monoisotopic (exact) mass is 275 g/mol. The van der Waals surface area contributed by atoms with Gasteiger partial charge in [0.2, 0.25) is 0 Å². The van der Waals surface area contributed by atoms with E-state index in [2.05, 4.69) is 24.0 Å². The molecule has 1 saturated carbocycles. The lowest BCUT2D eigenvalue weighted by Crippen LogP contribution is -2.43. The van der Waals surface area contributed by atoms with E-state index in [-0.39, 0.29) is 5.97 Å². The number of aryl methyl sites for hydroxylation is 1. The summed E-state index contributed by atoms with van der Waals surface area (Å²) in [5.74, 6) is -0.1000. The Labute approximate surface area is 116 Å². The normalized spacial score (nSPS) is 17.2. The predicted octanol–water partition coefficient (Wildman–Crippen LogP) is 3.59. The van der Waals surface area contributed by atoms with Crippen molar-refractivity contribution in [1.29, 1.82) is 0 Å². The van der Waals surface area contributed by atoms with Gasteiger partial charge in [-0.3, -0.25) is 4.79 Å². The highest BCUT2D eigenvalue weighted by Gasteiger charge is 2.49. The molecule has 1 fully saturated rings. The zero-order valence-electron chi connectivity index (χ0n) is 11.2. The average Bonchev–Trinajstić information content (AvgIpc) is 2.70. The fourth-order valence-electron chi connectivity index (χ4n) is 2.54. The molecule has 0 radical (unpaired) electrons. The van der Waals surface area contributed by atoms with Gasteiger partial charge in [0, 0.05) is 0 Å². The predicted molar refractivity (Wildman–Crippen MR) is 76.5 cm³/mol. The van der Waals surface area contributed by atoms with Gasteiger partial charge < -0.3 is 4.74 Å². The van der Waals surface area contributed by atoms with Crippen molar-refractivity contribution in [2.24, 2.45) is 0 Å². The summed E-state index contributed by atoms with van der Waals surface area (Å²) in [4.78, 5) is 16.9. The molecule has 3 rings (SSSR count). The number of aromatic nitrogens is 1. The van der Waals surface area contributed by atoms with E-state index in [1.54, 1.807) is 11.3 Å². The number of hydrogen-bond donors (Lipinski definition) is 0. The third-order valence-electron chi connectivity index (χ3n) is 3.83. The molecular formula is C15H17NO2S. The van der Waals surface area contributed by atoms with Gasteiger partial charge in [-0.05, 0) is 44.4 Å². The molecule has 0 saturated heterocycles. The SMILES string of the molecule is CCOC(=O)C1(c2nc3ccc(C)cc3s2)CCC1. The Balaban J connectivity index is 2.04. The van der Waals surface area contributed by atoms with E-state index in [1.807, 2.05) is 13.0 Å². The fraction of sp³-hybridized carbons (Fsp3) is 0.467. The lowest BCUT2D eigenvalue weighted by molar-refractivity contribution is -0.153. The third kappa shape index (κ3) is 1.94. The molecular weight excluding hydrogens is 258 g/mol. The number of carbonyl (C=O) groups excluding carboxylic acids is 1. The minimum Gasteiger partial charge on any atom is -0.465 e. The van der Waals surface area contributed by atoms with E-state index in [0.29, 0.717) is 6.61 Å². The van der Waals surface area contributed by atoms with Gasteiger partial charge in [0.15, 0.2) is 0 Å². The molecule has 1 aliphatic carbocycles. The molecule has 1 aromatic carbocycles. The van der Waals surface area contributed by atoms with Gasteiger partial charge in [-0.15, -0.1) is 11.3 Å². The Morgan fingerprint density at radius 1 is 1.47 bits per heavy atom. The molecule has 0 N–H and O–H groups in total. The van der Waals surface area contributed by atoms with Crippen LogP contribution in [0.15, 0.2) is 18.2 Å². The van der Waals surface area contributed by atoms with Gasteiger partial charge >= 0.3 is 5.97 Å². The summed E-state index contributed by atoms with van der Waals surface area (Å²) in [6, 6.07) is 6.22. The number of esters is 1. The highest BCUT2D eigenvalue weighted by atomic mass is 32.1. The lowest BCUT2D eigenvalue weighted by Gasteiger charge is -2.37. The van der Waals surface area contributed by atoms with Crippen LogP contribution in [-0.4, -0.2) is 17.6 Å². The molecule has 0 atom stereocenters. The van der Waals surface area contributed by atoms with Crippen LogP contribution in [0.5, 0.6) is 0 Å². The standard InChI is InChI=1S/C15H17NO2S/c1-3-18-14(17)15(7-4-8-15)13-16-11-6-5-10(2)9-12(11)19-13/h5-6,9H,3-4,7-8H2,1-2H3. The molecule has 2 aromatic rings. The van der Waals surface area contributed by atoms with E-state index in [4.69, 9.17) is 4.74 Å². The first kappa shape index (κ1) is 12.6. The molecule has 100 valence electrons. The van der Waals surface area contributed by atoms with Crippen LogP contribution in [-0.2, 0) is 14.9 Å². The first-order chi connectivity index (χ1) is 9.15. The van der Waals surface area contributed by atoms with Gasteiger partial charge in [0.25, 0.3) is 0 Å². The van der Waals surface area contributed by atoms with E-state index in [9.17, 15) is 4.79 Å². The van der Waals surface area contributed by atoms with E-state index in [0.717, 1.165) is 34.5 Å². The maximum absolute atomic E-state index is 12.2. The number of rotatable bonds is 3.